The lowest BCUT2D eigenvalue weighted by atomic mass is 10.3. The average molecular weight is 190 g/mol. The molecule has 0 fully saturated rings. The molecule has 13 heavy (non-hydrogen) atoms. The molecule has 0 radical (unpaired) electrons. The van der Waals surface area contributed by atoms with Crippen molar-refractivity contribution in [2.24, 2.45) is 5.10 Å². The van der Waals surface area contributed by atoms with Gasteiger partial charge >= 0.3 is 0 Å². The van der Waals surface area contributed by atoms with Crippen molar-refractivity contribution in [2.45, 2.75) is 32.6 Å². The van der Waals surface area contributed by atoms with Crippen LogP contribution in [0.15, 0.2) is 5.10 Å². The Morgan fingerprint density at radius 3 is 2.77 bits per heavy atom. The molecule has 74 valence electrons. The monoisotopic (exact) mass is 190 g/mol. The number of rotatable bonds is 4. The summed E-state index contributed by atoms with van der Waals surface area (Å²) in [5, 5.41) is 4.70. The van der Waals surface area contributed by atoms with E-state index in [-0.39, 0.29) is 18.0 Å². The zero-order valence-corrected chi connectivity index (χ0v) is 7.46. The number of hydrogen-bond donors (Lipinski definition) is 0. The highest BCUT2D eigenvalue weighted by Gasteiger charge is 2.28. The lowest BCUT2D eigenvalue weighted by Crippen LogP contribution is -2.21. The van der Waals surface area contributed by atoms with Gasteiger partial charge in [0.25, 0.3) is 6.43 Å². The molecule has 0 spiro atoms. The van der Waals surface area contributed by atoms with Crippen molar-refractivity contribution in [3.8, 4) is 0 Å². The van der Waals surface area contributed by atoms with E-state index in [9.17, 15) is 13.6 Å². The van der Waals surface area contributed by atoms with E-state index < -0.39 is 6.43 Å². The normalized spacial score (nSPS) is 17.1. The first kappa shape index (κ1) is 10.1. The zero-order valence-electron chi connectivity index (χ0n) is 7.46. The Labute approximate surface area is 75.4 Å². The van der Waals surface area contributed by atoms with Gasteiger partial charge in [0.05, 0.1) is 6.42 Å². The van der Waals surface area contributed by atoms with Gasteiger partial charge in [0, 0.05) is 6.54 Å². The highest BCUT2D eigenvalue weighted by atomic mass is 19.3. The molecule has 1 rings (SSSR count). The van der Waals surface area contributed by atoms with Gasteiger partial charge in [-0.15, -0.1) is 0 Å². The maximum absolute atomic E-state index is 12.1. The summed E-state index contributed by atoms with van der Waals surface area (Å²) in [5.74, 6) is -0.316. The van der Waals surface area contributed by atoms with E-state index in [1.54, 1.807) is 0 Å². The third kappa shape index (κ3) is 2.47. The Hall–Kier alpha value is -1.00. The maximum Gasteiger partial charge on any atom is 0.278 e. The van der Waals surface area contributed by atoms with Gasteiger partial charge in [-0.05, 0) is 6.42 Å². The second-order valence-electron chi connectivity index (χ2n) is 2.94. The number of alkyl halides is 2. The number of unbranched alkanes of at least 4 members (excludes halogenated alkanes) is 1. The van der Waals surface area contributed by atoms with E-state index >= 15 is 0 Å². The molecule has 0 saturated carbocycles. The van der Waals surface area contributed by atoms with Crippen molar-refractivity contribution < 1.29 is 13.6 Å². The molecule has 0 aliphatic carbocycles. The van der Waals surface area contributed by atoms with Crippen molar-refractivity contribution in [3.05, 3.63) is 0 Å². The van der Waals surface area contributed by atoms with Crippen molar-refractivity contribution in [1.82, 2.24) is 5.01 Å². The average Bonchev–Trinajstić information content (AvgIpc) is 2.44. The Kier molecular flexibility index (Phi) is 3.33. The largest absolute Gasteiger partial charge is 0.278 e. The summed E-state index contributed by atoms with van der Waals surface area (Å²) >= 11 is 0. The second-order valence-corrected chi connectivity index (χ2v) is 2.94. The molecule has 0 saturated heterocycles. The number of nitrogens with zero attached hydrogens (tertiary/aromatic N) is 2. The van der Waals surface area contributed by atoms with Gasteiger partial charge in [0.2, 0.25) is 5.91 Å². The molecule has 1 amide bonds. The van der Waals surface area contributed by atoms with Crippen LogP contribution in [0.2, 0.25) is 0 Å². The van der Waals surface area contributed by atoms with Crippen molar-refractivity contribution in [1.29, 1.82) is 0 Å². The molecule has 0 bridgehead atoms. The lowest BCUT2D eigenvalue weighted by Gasteiger charge is -2.09. The van der Waals surface area contributed by atoms with Crippen molar-refractivity contribution in [2.75, 3.05) is 6.54 Å². The summed E-state index contributed by atoms with van der Waals surface area (Å²) in [5.41, 5.74) is -0.305. The van der Waals surface area contributed by atoms with Gasteiger partial charge in [0.15, 0.2) is 0 Å². The van der Waals surface area contributed by atoms with Crippen molar-refractivity contribution in [3.63, 3.8) is 0 Å². The smallest absolute Gasteiger partial charge is 0.273 e. The predicted octanol–water partition coefficient (Wildman–Crippen LogP) is 1.64. The number of amides is 1. The van der Waals surface area contributed by atoms with E-state index in [0.29, 0.717) is 6.54 Å². The van der Waals surface area contributed by atoms with E-state index in [2.05, 4.69) is 5.10 Å². The number of carbonyl (C=O) groups excluding carboxylic acids is 1. The van der Waals surface area contributed by atoms with E-state index in [1.165, 1.54) is 0 Å². The molecule has 0 aromatic heterocycles. The highest BCUT2D eigenvalue weighted by Crippen LogP contribution is 2.13. The molecule has 0 N–H and O–H groups in total. The van der Waals surface area contributed by atoms with Gasteiger partial charge in [-0.1, -0.05) is 13.3 Å². The molecule has 0 aromatic rings. The van der Waals surface area contributed by atoms with E-state index in [4.69, 9.17) is 0 Å². The molecule has 1 aliphatic heterocycles. The summed E-state index contributed by atoms with van der Waals surface area (Å²) in [6.07, 6.45) is -1.10. The summed E-state index contributed by atoms with van der Waals surface area (Å²) < 4.78 is 24.2. The molecule has 1 aliphatic rings. The molecule has 0 aromatic carbocycles. The number of hydrogen-bond acceptors (Lipinski definition) is 2. The van der Waals surface area contributed by atoms with Crippen LogP contribution in [0.3, 0.4) is 0 Å². The van der Waals surface area contributed by atoms with E-state index in [0.717, 1.165) is 17.9 Å². The van der Waals surface area contributed by atoms with Crippen LogP contribution in [0.5, 0.6) is 0 Å². The third-order valence-corrected chi connectivity index (χ3v) is 1.84. The predicted molar refractivity (Wildman–Crippen MR) is 44.7 cm³/mol. The molecule has 0 atom stereocenters. The summed E-state index contributed by atoms with van der Waals surface area (Å²) in [6, 6.07) is 0. The first-order chi connectivity index (χ1) is 6.15. The van der Waals surface area contributed by atoms with Gasteiger partial charge in [-0.25, -0.2) is 13.8 Å². The molecular formula is C8H12F2N2O. The first-order valence-electron chi connectivity index (χ1n) is 4.31. The fourth-order valence-corrected chi connectivity index (χ4v) is 1.10. The molecule has 0 unspecified atom stereocenters. The Morgan fingerprint density at radius 2 is 2.31 bits per heavy atom. The number of hydrazone groups is 1. The summed E-state index contributed by atoms with van der Waals surface area (Å²) in [4.78, 5) is 11.1. The van der Waals surface area contributed by atoms with E-state index in [1.807, 2.05) is 6.92 Å². The SMILES string of the molecule is CCCCN1N=C(C(F)F)CC1=O. The van der Waals surface area contributed by atoms with Crippen LogP contribution >= 0.6 is 0 Å². The lowest BCUT2D eigenvalue weighted by molar-refractivity contribution is -0.128. The van der Waals surface area contributed by atoms with Crippen LogP contribution < -0.4 is 0 Å². The molecule has 5 heteroatoms. The third-order valence-electron chi connectivity index (χ3n) is 1.84. The van der Waals surface area contributed by atoms with Gasteiger partial charge in [0.1, 0.15) is 5.71 Å². The minimum atomic E-state index is -2.60. The first-order valence-corrected chi connectivity index (χ1v) is 4.31. The van der Waals surface area contributed by atoms with Crippen LogP contribution in [-0.2, 0) is 4.79 Å². The van der Waals surface area contributed by atoms with Gasteiger partial charge in [-0.3, -0.25) is 4.79 Å². The van der Waals surface area contributed by atoms with Crippen molar-refractivity contribution >= 4 is 11.6 Å². The summed E-state index contributed by atoms with van der Waals surface area (Å²) in [6.45, 7) is 2.42. The standard InChI is InChI=1S/C8H12F2N2O/c1-2-3-4-12-7(13)5-6(11-12)8(9)10/h8H,2-5H2,1H3. The molecular weight excluding hydrogens is 178 g/mol. The van der Waals surface area contributed by atoms with Gasteiger partial charge in [-0.2, -0.15) is 5.10 Å². The number of halogens is 2. The maximum atomic E-state index is 12.1. The Balaban J connectivity index is 2.51. The minimum absolute atomic E-state index is 0.221. The van der Waals surface area contributed by atoms with Crippen LogP contribution in [0.25, 0.3) is 0 Å². The van der Waals surface area contributed by atoms with Crippen LogP contribution in [-0.4, -0.2) is 29.6 Å². The zero-order chi connectivity index (χ0) is 9.84. The molecule has 1 heterocycles. The fraction of sp³-hybridized carbons (Fsp3) is 0.750. The Bertz CT molecular complexity index is 228. The number of carbonyl (C=O) groups is 1. The second kappa shape index (κ2) is 4.30. The van der Waals surface area contributed by atoms with Crippen LogP contribution in [0.4, 0.5) is 8.78 Å². The summed E-state index contributed by atoms with van der Waals surface area (Å²) in [7, 11) is 0. The fourth-order valence-electron chi connectivity index (χ4n) is 1.10. The molecule has 3 nitrogen and oxygen atoms in total. The highest BCUT2D eigenvalue weighted by molar-refractivity contribution is 6.06. The van der Waals surface area contributed by atoms with Crippen LogP contribution in [0, 0.1) is 0 Å². The minimum Gasteiger partial charge on any atom is -0.273 e. The van der Waals surface area contributed by atoms with Gasteiger partial charge < -0.3 is 0 Å². The topological polar surface area (TPSA) is 32.7 Å². The van der Waals surface area contributed by atoms with Crippen LogP contribution in [0.1, 0.15) is 26.2 Å². The Morgan fingerprint density at radius 1 is 1.62 bits per heavy atom. The quantitative estimate of drug-likeness (QED) is 0.663.